The average molecular weight is 1320 g/mol. The molecule has 0 fully saturated rings. The van der Waals surface area contributed by atoms with Gasteiger partial charge in [-0.3, -0.25) is 4.98 Å². The Bertz CT molecular complexity index is 6180. The Morgan fingerprint density at radius 3 is 0.901 bits per heavy atom. The van der Waals surface area contributed by atoms with Crippen LogP contribution in [0.4, 0.5) is 0 Å². The van der Waals surface area contributed by atoms with Crippen molar-refractivity contribution < 1.29 is 0 Å². The monoisotopic (exact) mass is 1320 g/mol. The molecule has 101 heavy (non-hydrogen) atoms. The smallest absolute Gasteiger partial charge is 0.183 e. The molecule has 0 unspecified atom stereocenters. The van der Waals surface area contributed by atoms with Crippen molar-refractivity contribution in [2.45, 2.75) is 105 Å². The molecule has 0 radical (unpaired) electrons. The fourth-order valence-corrected chi connectivity index (χ4v) is 23.4. The van der Waals surface area contributed by atoms with Crippen molar-refractivity contribution in [1.29, 1.82) is 5.26 Å². The Kier molecular flexibility index (Phi) is 12.7. The van der Waals surface area contributed by atoms with Gasteiger partial charge in [0.05, 0.1) is 66.9 Å². The molecule has 0 saturated carbocycles. The van der Waals surface area contributed by atoms with Gasteiger partial charge in [-0.25, -0.2) is 0 Å². The van der Waals surface area contributed by atoms with Gasteiger partial charge in [-0.1, -0.05) is 253 Å². The van der Waals surface area contributed by atoms with E-state index in [4.69, 9.17) is 4.98 Å². The highest BCUT2D eigenvalue weighted by Crippen LogP contribution is 2.55. The summed E-state index contributed by atoms with van der Waals surface area (Å²) in [6.07, 6.45) is 4.45. The van der Waals surface area contributed by atoms with E-state index in [1.165, 1.54) is 65.3 Å². The van der Waals surface area contributed by atoms with Gasteiger partial charge in [-0.15, -0.1) is 0 Å². The molecule has 7 heteroatoms. The molecule has 1 spiro atoms. The normalized spacial score (nSPS) is 13.6. The summed E-state index contributed by atoms with van der Waals surface area (Å²) in [6.45, 7) is 27.7. The van der Waals surface area contributed by atoms with E-state index in [1.54, 1.807) is 0 Å². The van der Waals surface area contributed by atoms with E-state index in [1.807, 2.05) is 0 Å². The molecule has 6 nitrogen and oxygen atoms in total. The van der Waals surface area contributed by atoms with Gasteiger partial charge in [0.15, 0.2) is 8.07 Å². The highest BCUT2D eigenvalue weighted by Gasteiger charge is 2.55. The van der Waals surface area contributed by atoms with Crippen molar-refractivity contribution in [3.8, 4) is 62.2 Å². The summed E-state index contributed by atoms with van der Waals surface area (Å²) in [7, 11) is -3.18. The number of para-hydroxylation sites is 4. The summed E-state index contributed by atoms with van der Waals surface area (Å²) < 4.78 is 10.1. The van der Waals surface area contributed by atoms with Crippen LogP contribution < -0.4 is 20.7 Å². The van der Waals surface area contributed by atoms with Crippen LogP contribution in [-0.2, 0) is 21.7 Å². The Morgan fingerprint density at radius 1 is 0.277 bits per heavy atom. The minimum Gasteiger partial charge on any atom is -0.306 e. The molecule has 2 aliphatic rings. The number of hydrogen-bond donors (Lipinski definition) is 0. The first kappa shape index (κ1) is 60.8. The number of rotatable bonds is 5. The van der Waals surface area contributed by atoms with E-state index in [0.717, 1.165) is 121 Å². The number of hydrogen-bond acceptors (Lipinski definition) is 2. The minimum atomic E-state index is -3.18. The Hall–Kier alpha value is -11.3. The zero-order valence-electron chi connectivity index (χ0n) is 59.4. The van der Waals surface area contributed by atoms with Gasteiger partial charge in [0, 0.05) is 66.6 Å². The van der Waals surface area contributed by atoms with Crippen molar-refractivity contribution in [2.75, 3.05) is 0 Å². The van der Waals surface area contributed by atoms with E-state index >= 15 is 0 Å². The third-order valence-electron chi connectivity index (χ3n) is 22.7. The molecule has 0 atom stereocenters. The Labute approximate surface area is 590 Å². The SMILES string of the molecule is CC(C)(C)c1ccc2c(c1)c1ccccc1n2-c1c(C#N)c(-n2c3ccccc3c3cc(C(C)(C)C)ccc32)c(-n2c3ccccc3c3cc(C(C)(C)C)ccc32)c(-c2cncc3c2-c2ccccc2[Si]32c3ccccc3-c3ccccc32)c1-n1c2ccccc2c2cc(C(C)(C)C)ccc21. The van der Waals surface area contributed by atoms with Crippen molar-refractivity contribution in [2.24, 2.45) is 0 Å². The molecule has 19 rings (SSSR count). The number of aromatic nitrogens is 5. The lowest BCUT2D eigenvalue weighted by Crippen LogP contribution is -2.70. The summed E-state index contributed by atoms with van der Waals surface area (Å²) in [6, 6.07) is 95.4. The predicted octanol–water partition coefficient (Wildman–Crippen LogP) is 21.5. The highest BCUT2D eigenvalue weighted by atomic mass is 28.3. The average Bonchev–Trinajstić information content (AvgIpc) is 1.52. The summed E-state index contributed by atoms with van der Waals surface area (Å²) in [4.78, 5) is 5.78. The van der Waals surface area contributed by atoms with Crippen LogP contribution in [0.2, 0.25) is 0 Å². The van der Waals surface area contributed by atoms with E-state index in [9.17, 15) is 5.26 Å². The number of nitriles is 1. The van der Waals surface area contributed by atoms with Gasteiger partial charge < -0.3 is 18.3 Å². The van der Waals surface area contributed by atoms with Crippen molar-refractivity contribution in [3.63, 3.8) is 0 Å². The topological polar surface area (TPSA) is 56.4 Å². The third kappa shape index (κ3) is 8.40. The number of pyridine rings is 1. The quantitative estimate of drug-likeness (QED) is 0.161. The zero-order valence-corrected chi connectivity index (χ0v) is 60.4. The summed E-state index contributed by atoms with van der Waals surface area (Å²) in [5.41, 5.74) is 23.2. The number of fused-ring (bicyclic) bond motifs is 22. The Morgan fingerprint density at radius 2 is 0.564 bits per heavy atom. The minimum absolute atomic E-state index is 0.158. The zero-order chi connectivity index (χ0) is 69.1. The van der Waals surface area contributed by atoms with Crippen LogP contribution in [-0.4, -0.2) is 31.3 Å². The fourth-order valence-electron chi connectivity index (χ4n) is 17.9. The van der Waals surface area contributed by atoms with Gasteiger partial charge in [-0.2, -0.15) is 5.26 Å². The third-order valence-corrected chi connectivity index (χ3v) is 27.6. The van der Waals surface area contributed by atoms with E-state index in [2.05, 4.69) is 362 Å². The van der Waals surface area contributed by atoms with Gasteiger partial charge in [0.2, 0.25) is 0 Å². The molecule has 7 heterocycles. The maximum absolute atomic E-state index is 13.7. The predicted molar refractivity (Wildman–Crippen MR) is 428 cm³/mol. The van der Waals surface area contributed by atoms with Crippen molar-refractivity contribution >= 4 is 116 Å². The maximum Gasteiger partial charge on any atom is 0.183 e. The molecule has 17 aromatic rings. The van der Waals surface area contributed by atoms with Gasteiger partial charge in [-0.05, 0) is 160 Å². The van der Waals surface area contributed by atoms with Crippen LogP contribution in [0.1, 0.15) is 111 Å². The molecule has 0 bridgehead atoms. The lowest BCUT2D eigenvalue weighted by Gasteiger charge is -2.30. The second-order valence-electron chi connectivity index (χ2n) is 32.6. The number of benzene rings is 12. The van der Waals surface area contributed by atoms with Crippen LogP contribution in [0.3, 0.4) is 0 Å². The fraction of sp³-hybridized carbons (Fsp3) is 0.170. The summed E-state index contributed by atoms with van der Waals surface area (Å²) >= 11 is 0. The van der Waals surface area contributed by atoms with Crippen LogP contribution in [0, 0.1) is 11.3 Å². The molecule has 12 aromatic carbocycles. The molecule has 0 saturated heterocycles. The molecule has 5 aromatic heterocycles. The molecule has 2 aliphatic heterocycles. The molecule has 0 amide bonds. The van der Waals surface area contributed by atoms with Gasteiger partial charge >= 0.3 is 0 Å². The van der Waals surface area contributed by atoms with E-state index in [-0.39, 0.29) is 21.7 Å². The van der Waals surface area contributed by atoms with Crippen LogP contribution >= 0.6 is 0 Å². The lowest BCUT2D eigenvalue weighted by atomic mass is 9.86. The van der Waals surface area contributed by atoms with Crippen molar-refractivity contribution in [3.05, 3.63) is 283 Å². The van der Waals surface area contributed by atoms with Crippen molar-refractivity contribution in [1.82, 2.24) is 23.3 Å². The van der Waals surface area contributed by atoms with E-state index in [0.29, 0.717) is 5.56 Å². The first-order valence-corrected chi connectivity index (χ1v) is 37.7. The maximum atomic E-state index is 13.7. The highest BCUT2D eigenvalue weighted by molar-refractivity contribution is 7.24. The molecular formula is C94H78N6Si. The standard InChI is InChI=1S/C94H78N6Si/c1-91(2,3)56-41-45-77-67(49-56)60-27-13-20-34-73(60)97(77)87-71(53-95)88(98-74-35-21-14-28-61(74)68-50-57(92(4,5)6)42-46-78(68)98)90(100-76-37-23-16-30-63(76)70-52-59(94(10,11)12)44-48-80(70)100)86(89(87)99-75-36-22-15-29-62(75)69-51-58(93(7,8)9)43-47-79(69)99)72-54-96-55-84-85(72)66-33-19-26-40-83(66)101(84)81-38-24-17-31-64(81)65-32-18-25-39-82(65)101/h13-52,54-55H,1-12H3. The summed E-state index contributed by atoms with van der Waals surface area (Å²) in [5, 5.41) is 28.1. The van der Waals surface area contributed by atoms with Crippen LogP contribution in [0.5, 0.6) is 0 Å². The Balaban J connectivity index is 1.15. The van der Waals surface area contributed by atoms with Crippen LogP contribution in [0.15, 0.2) is 255 Å². The molecular weight excluding hydrogens is 1240 g/mol. The molecule has 0 aliphatic carbocycles. The van der Waals surface area contributed by atoms with Gasteiger partial charge in [0.1, 0.15) is 11.6 Å². The molecule has 0 N–H and O–H groups in total. The second kappa shape index (κ2) is 21.1. The second-order valence-corrected chi connectivity index (χ2v) is 36.2. The summed E-state index contributed by atoms with van der Waals surface area (Å²) in [5.74, 6) is 0. The molecule has 488 valence electrons. The number of nitrogens with zero attached hydrogens (tertiary/aromatic N) is 6. The largest absolute Gasteiger partial charge is 0.306 e. The first-order chi connectivity index (χ1) is 48.7. The van der Waals surface area contributed by atoms with Gasteiger partial charge in [0.25, 0.3) is 0 Å². The first-order valence-electron chi connectivity index (χ1n) is 35.7. The van der Waals surface area contributed by atoms with E-state index < -0.39 is 8.07 Å². The lowest BCUT2D eigenvalue weighted by molar-refractivity contribution is 0.591. The van der Waals surface area contributed by atoms with Crippen LogP contribution in [0.25, 0.3) is 143 Å².